The van der Waals surface area contributed by atoms with E-state index in [1.165, 1.54) is 0 Å². The average Bonchev–Trinajstić information content (AvgIpc) is 2.74. The van der Waals surface area contributed by atoms with Gasteiger partial charge in [0.2, 0.25) is 5.71 Å². The first-order valence-corrected chi connectivity index (χ1v) is 5.32. The molecule has 0 unspecified atom stereocenters. The van der Waals surface area contributed by atoms with Gasteiger partial charge in [0.1, 0.15) is 0 Å². The first kappa shape index (κ1) is 10.2. The quantitative estimate of drug-likeness (QED) is 0.836. The Hall–Kier alpha value is -1.35. The second-order valence-corrected chi connectivity index (χ2v) is 3.90. The van der Waals surface area contributed by atoms with E-state index in [-0.39, 0.29) is 5.54 Å². The van der Waals surface area contributed by atoms with Crippen molar-refractivity contribution in [2.45, 2.75) is 32.2 Å². The maximum absolute atomic E-state index is 6.31. The van der Waals surface area contributed by atoms with Crippen LogP contribution in [0.1, 0.15) is 32.3 Å². The Labute approximate surface area is 89.3 Å². The summed E-state index contributed by atoms with van der Waals surface area (Å²) >= 11 is 0. The topological polar surface area (TPSA) is 52.0 Å². The standard InChI is InChI=1S/C12H16N2O/c1-3-12(13,4-2)10-7-9-5-6-15-11(9)14-8-10/h5-8H,3-4,13H2,1-2H3. The van der Waals surface area contributed by atoms with Crippen LogP contribution >= 0.6 is 0 Å². The highest BCUT2D eigenvalue weighted by molar-refractivity contribution is 5.73. The zero-order valence-electron chi connectivity index (χ0n) is 9.16. The van der Waals surface area contributed by atoms with E-state index in [1.807, 2.05) is 12.3 Å². The lowest BCUT2D eigenvalue weighted by Gasteiger charge is -2.26. The number of nitrogens with zero attached hydrogens (tertiary/aromatic N) is 1. The molecule has 3 nitrogen and oxygen atoms in total. The van der Waals surface area contributed by atoms with Gasteiger partial charge in [0.05, 0.1) is 6.26 Å². The molecule has 15 heavy (non-hydrogen) atoms. The van der Waals surface area contributed by atoms with Gasteiger partial charge in [-0.25, -0.2) is 4.98 Å². The Morgan fingerprint density at radius 3 is 2.80 bits per heavy atom. The van der Waals surface area contributed by atoms with Gasteiger partial charge in [-0.05, 0) is 30.5 Å². The molecular formula is C12H16N2O. The molecule has 0 aromatic carbocycles. The van der Waals surface area contributed by atoms with Crippen LogP contribution in [0, 0.1) is 0 Å². The van der Waals surface area contributed by atoms with Gasteiger partial charge in [0.25, 0.3) is 0 Å². The molecule has 0 aliphatic rings. The molecule has 2 rings (SSSR count). The van der Waals surface area contributed by atoms with Gasteiger partial charge in [0, 0.05) is 17.1 Å². The molecule has 0 aliphatic carbocycles. The monoisotopic (exact) mass is 204 g/mol. The van der Waals surface area contributed by atoms with E-state index in [9.17, 15) is 0 Å². The highest BCUT2D eigenvalue weighted by atomic mass is 16.3. The summed E-state index contributed by atoms with van der Waals surface area (Å²) in [6.45, 7) is 4.20. The smallest absolute Gasteiger partial charge is 0.225 e. The predicted molar refractivity (Wildman–Crippen MR) is 60.5 cm³/mol. The number of aromatic nitrogens is 1. The SMILES string of the molecule is CCC(N)(CC)c1cnc2occc2c1. The summed E-state index contributed by atoms with van der Waals surface area (Å²) in [7, 11) is 0. The summed E-state index contributed by atoms with van der Waals surface area (Å²) in [4.78, 5) is 4.26. The Bertz CT molecular complexity index is 457. The van der Waals surface area contributed by atoms with Crippen molar-refractivity contribution in [1.82, 2.24) is 4.98 Å². The number of hydrogen-bond acceptors (Lipinski definition) is 3. The van der Waals surface area contributed by atoms with E-state index >= 15 is 0 Å². The minimum absolute atomic E-state index is 0.265. The fourth-order valence-corrected chi connectivity index (χ4v) is 1.79. The molecule has 2 N–H and O–H groups in total. The first-order chi connectivity index (χ1) is 7.19. The van der Waals surface area contributed by atoms with E-state index < -0.39 is 0 Å². The summed E-state index contributed by atoms with van der Waals surface area (Å²) in [5, 5.41) is 1.02. The summed E-state index contributed by atoms with van der Waals surface area (Å²) < 4.78 is 5.20. The van der Waals surface area contributed by atoms with Crippen LogP contribution in [0.15, 0.2) is 29.0 Å². The van der Waals surface area contributed by atoms with Crippen LogP contribution in [-0.4, -0.2) is 4.98 Å². The van der Waals surface area contributed by atoms with Crippen LogP contribution < -0.4 is 5.73 Å². The number of fused-ring (bicyclic) bond motifs is 1. The molecule has 0 atom stereocenters. The van der Waals surface area contributed by atoms with E-state index in [1.54, 1.807) is 6.26 Å². The van der Waals surface area contributed by atoms with Crippen molar-refractivity contribution in [2.24, 2.45) is 5.73 Å². The van der Waals surface area contributed by atoms with Crippen molar-refractivity contribution in [3.8, 4) is 0 Å². The van der Waals surface area contributed by atoms with Crippen molar-refractivity contribution in [3.05, 3.63) is 30.2 Å². The van der Waals surface area contributed by atoms with E-state index in [4.69, 9.17) is 10.2 Å². The molecule has 2 aromatic heterocycles. The highest BCUT2D eigenvalue weighted by Crippen LogP contribution is 2.27. The third-order valence-electron chi connectivity index (χ3n) is 3.14. The van der Waals surface area contributed by atoms with E-state index in [0.29, 0.717) is 5.71 Å². The maximum Gasteiger partial charge on any atom is 0.225 e. The Balaban J connectivity index is 2.51. The highest BCUT2D eigenvalue weighted by Gasteiger charge is 2.23. The van der Waals surface area contributed by atoms with Gasteiger partial charge in [-0.15, -0.1) is 0 Å². The molecule has 0 spiro atoms. The van der Waals surface area contributed by atoms with Gasteiger partial charge in [-0.2, -0.15) is 0 Å². The third kappa shape index (κ3) is 1.63. The van der Waals surface area contributed by atoms with Gasteiger partial charge in [-0.3, -0.25) is 0 Å². The predicted octanol–water partition coefficient (Wildman–Crippen LogP) is 2.80. The Kier molecular flexibility index (Phi) is 2.49. The molecule has 2 aromatic rings. The van der Waals surface area contributed by atoms with Crippen LogP contribution in [0.2, 0.25) is 0 Å². The fraction of sp³-hybridized carbons (Fsp3) is 0.417. The van der Waals surface area contributed by atoms with Gasteiger partial charge < -0.3 is 10.2 Å². The van der Waals surface area contributed by atoms with Crippen molar-refractivity contribution in [2.75, 3.05) is 0 Å². The lowest BCUT2D eigenvalue weighted by molar-refractivity contribution is 0.412. The second kappa shape index (κ2) is 3.66. The summed E-state index contributed by atoms with van der Waals surface area (Å²) in [5.74, 6) is 0. The van der Waals surface area contributed by atoms with E-state index in [2.05, 4.69) is 24.9 Å². The first-order valence-electron chi connectivity index (χ1n) is 5.32. The van der Waals surface area contributed by atoms with Crippen molar-refractivity contribution >= 4 is 11.1 Å². The van der Waals surface area contributed by atoms with Crippen molar-refractivity contribution < 1.29 is 4.42 Å². The largest absolute Gasteiger partial charge is 0.446 e. The number of furan rings is 1. The maximum atomic E-state index is 6.31. The Morgan fingerprint density at radius 2 is 2.13 bits per heavy atom. The fourth-order valence-electron chi connectivity index (χ4n) is 1.79. The normalized spacial score (nSPS) is 12.2. The molecule has 0 saturated carbocycles. The lowest BCUT2D eigenvalue weighted by atomic mass is 9.87. The zero-order valence-corrected chi connectivity index (χ0v) is 9.16. The van der Waals surface area contributed by atoms with Gasteiger partial charge in [0.15, 0.2) is 0 Å². The van der Waals surface area contributed by atoms with Gasteiger partial charge in [-0.1, -0.05) is 13.8 Å². The molecular weight excluding hydrogens is 188 g/mol. The lowest BCUT2D eigenvalue weighted by Crippen LogP contribution is -2.35. The van der Waals surface area contributed by atoms with Crippen LogP contribution in [0.25, 0.3) is 11.1 Å². The van der Waals surface area contributed by atoms with Crippen molar-refractivity contribution in [1.29, 1.82) is 0 Å². The van der Waals surface area contributed by atoms with Crippen LogP contribution in [-0.2, 0) is 5.54 Å². The number of nitrogens with two attached hydrogens (primary N) is 1. The minimum atomic E-state index is -0.265. The molecule has 80 valence electrons. The molecule has 0 fully saturated rings. The van der Waals surface area contributed by atoms with Crippen LogP contribution in [0.5, 0.6) is 0 Å². The van der Waals surface area contributed by atoms with E-state index in [0.717, 1.165) is 23.8 Å². The summed E-state index contributed by atoms with van der Waals surface area (Å²) in [6.07, 6.45) is 5.29. The molecule has 3 heteroatoms. The molecule has 0 amide bonds. The second-order valence-electron chi connectivity index (χ2n) is 3.90. The minimum Gasteiger partial charge on any atom is -0.446 e. The molecule has 0 saturated heterocycles. The Morgan fingerprint density at radius 1 is 1.40 bits per heavy atom. The van der Waals surface area contributed by atoms with Gasteiger partial charge >= 0.3 is 0 Å². The molecule has 0 bridgehead atoms. The third-order valence-corrected chi connectivity index (χ3v) is 3.14. The van der Waals surface area contributed by atoms with Crippen molar-refractivity contribution in [3.63, 3.8) is 0 Å². The summed E-state index contributed by atoms with van der Waals surface area (Å²) in [6, 6.07) is 3.98. The van der Waals surface area contributed by atoms with Crippen LogP contribution in [0.4, 0.5) is 0 Å². The number of pyridine rings is 1. The average molecular weight is 204 g/mol. The zero-order chi connectivity index (χ0) is 10.9. The number of hydrogen-bond donors (Lipinski definition) is 1. The molecule has 0 aliphatic heterocycles. The summed E-state index contributed by atoms with van der Waals surface area (Å²) in [5.41, 5.74) is 7.80. The van der Waals surface area contributed by atoms with Crippen LogP contribution in [0.3, 0.4) is 0 Å². The molecule has 0 radical (unpaired) electrons. The number of rotatable bonds is 3. The molecule has 2 heterocycles.